The minimum atomic E-state index is -0.939. The van der Waals surface area contributed by atoms with E-state index >= 15 is 0 Å². The van der Waals surface area contributed by atoms with E-state index in [1.165, 1.54) is 19.1 Å². The normalized spacial score (nSPS) is 11.4. The van der Waals surface area contributed by atoms with Gasteiger partial charge < -0.3 is 9.84 Å². The lowest BCUT2D eigenvalue weighted by Gasteiger charge is -2.25. The molecule has 0 aromatic heterocycles. The number of ether oxygens (including phenoxy) is 1. The Balaban J connectivity index is 2.77. The van der Waals surface area contributed by atoms with Gasteiger partial charge in [0.05, 0.1) is 5.60 Å². The molecule has 0 bridgehead atoms. The molecular weight excluding hydrogens is 235 g/mol. The molecule has 0 amide bonds. The quantitative estimate of drug-likeness (QED) is 0.794. The van der Waals surface area contributed by atoms with Crippen molar-refractivity contribution in [3.63, 3.8) is 0 Å². The first kappa shape index (κ1) is 14.6. The molecule has 0 aliphatic carbocycles. The molecule has 100 valence electrons. The molecule has 1 aromatic rings. The highest BCUT2D eigenvalue weighted by molar-refractivity contribution is 5.94. The second kappa shape index (κ2) is 5.96. The molecule has 1 rings (SSSR count). The fourth-order valence-corrected chi connectivity index (χ4v) is 1.50. The van der Waals surface area contributed by atoms with E-state index in [0.717, 1.165) is 6.07 Å². The van der Waals surface area contributed by atoms with Gasteiger partial charge in [-0.2, -0.15) is 0 Å². The number of Topliss-reactive ketones (excluding diaryl/α,β-unsaturated/α-hetero) is 1. The molecule has 0 atom stereocenters. The summed E-state index contributed by atoms with van der Waals surface area (Å²) < 4.78 is 18.9. The summed E-state index contributed by atoms with van der Waals surface area (Å²) >= 11 is 0. The first-order valence-corrected chi connectivity index (χ1v) is 6.07. The molecule has 0 spiro atoms. The number of aliphatic hydroxyl groups is 1. The zero-order valence-corrected chi connectivity index (χ0v) is 11.0. The standard InChI is InChI=1S/C14H19FO3/c1-4-14(17,5-2)9-18-13-7-6-11(10(3)16)8-12(13)15/h6-8,17H,4-5,9H2,1-3H3. The summed E-state index contributed by atoms with van der Waals surface area (Å²) in [5.74, 6) is -0.725. The van der Waals surface area contributed by atoms with Crippen molar-refractivity contribution in [2.45, 2.75) is 39.2 Å². The molecule has 0 heterocycles. The maximum absolute atomic E-state index is 13.6. The van der Waals surface area contributed by atoms with Crippen LogP contribution in [0.2, 0.25) is 0 Å². The number of carbonyl (C=O) groups is 1. The third-order valence-corrected chi connectivity index (χ3v) is 3.15. The third kappa shape index (κ3) is 3.53. The van der Waals surface area contributed by atoms with Crippen molar-refractivity contribution in [1.29, 1.82) is 0 Å². The van der Waals surface area contributed by atoms with E-state index < -0.39 is 11.4 Å². The summed E-state index contributed by atoms with van der Waals surface area (Å²) in [4.78, 5) is 11.1. The van der Waals surface area contributed by atoms with Crippen molar-refractivity contribution in [3.8, 4) is 5.75 Å². The van der Waals surface area contributed by atoms with Gasteiger partial charge >= 0.3 is 0 Å². The van der Waals surface area contributed by atoms with Crippen LogP contribution in [0.1, 0.15) is 44.0 Å². The van der Waals surface area contributed by atoms with Gasteiger partial charge in [-0.1, -0.05) is 13.8 Å². The van der Waals surface area contributed by atoms with Gasteiger partial charge in [0, 0.05) is 5.56 Å². The van der Waals surface area contributed by atoms with E-state index in [9.17, 15) is 14.3 Å². The predicted octanol–water partition coefficient (Wildman–Crippen LogP) is 2.96. The molecule has 1 aromatic carbocycles. The lowest BCUT2D eigenvalue weighted by molar-refractivity contribution is -0.0123. The molecule has 18 heavy (non-hydrogen) atoms. The van der Waals surface area contributed by atoms with Crippen LogP contribution in [0.5, 0.6) is 5.75 Å². The summed E-state index contributed by atoms with van der Waals surface area (Å²) in [6, 6.07) is 4.07. The topological polar surface area (TPSA) is 46.5 Å². The minimum absolute atomic E-state index is 0.0380. The monoisotopic (exact) mass is 254 g/mol. The number of benzene rings is 1. The van der Waals surface area contributed by atoms with Crippen LogP contribution < -0.4 is 4.74 Å². The van der Waals surface area contributed by atoms with Crippen molar-refractivity contribution in [3.05, 3.63) is 29.6 Å². The van der Waals surface area contributed by atoms with Crippen molar-refractivity contribution in [1.82, 2.24) is 0 Å². The highest BCUT2D eigenvalue weighted by Crippen LogP contribution is 2.22. The van der Waals surface area contributed by atoms with Gasteiger partial charge in [-0.05, 0) is 38.0 Å². The fourth-order valence-electron chi connectivity index (χ4n) is 1.50. The summed E-state index contributed by atoms with van der Waals surface area (Å²) in [5, 5.41) is 10.0. The highest BCUT2D eigenvalue weighted by Gasteiger charge is 2.23. The summed E-state index contributed by atoms with van der Waals surface area (Å²) in [6.07, 6.45) is 1.08. The third-order valence-electron chi connectivity index (χ3n) is 3.15. The largest absolute Gasteiger partial charge is 0.488 e. The highest BCUT2D eigenvalue weighted by atomic mass is 19.1. The number of hydrogen-bond acceptors (Lipinski definition) is 3. The Morgan fingerprint density at radius 3 is 2.44 bits per heavy atom. The molecule has 0 unspecified atom stereocenters. The molecule has 3 nitrogen and oxygen atoms in total. The fraction of sp³-hybridized carbons (Fsp3) is 0.500. The van der Waals surface area contributed by atoms with E-state index in [-0.39, 0.29) is 18.1 Å². The van der Waals surface area contributed by atoms with Crippen LogP contribution in [0.15, 0.2) is 18.2 Å². The van der Waals surface area contributed by atoms with Crippen molar-refractivity contribution in [2.24, 2.45) is 0 Å². The van der Waals surface area contributed by atoms with Crippen LogP contribution in [0, 0.1) is 5.82 Å². The van der Waals surface area contributed by atoms with E-state index in [1.807, 2.05) is 13.8 Å². The Labute approximate surface area is 107 Å². The first-order valence-electron chi connectivity index (χ1n) is 6.07. The Morgan fingerprint density at radius 1 is 1.39 bits per heavy atom. The molecule has 1 N–H and O–H groups in total. The smallest absolute Gasteiger partial charge is 0.165 e. The van der Waals surface area contributed by atoms with Gasteiger partial charge in [-0.15, -0.1) is 0 Å². The van der Waals surface area contributed by atoms with Gasteiger partial charge in [0.2, 0.25) is 0 Å². The minimum Gasteiger partial charge on any atom is -0.488 e. The molecule has 0 saturated carbocycles. The number of rotatable bonds is 6. The zero-order chi connectivity index (χ0) is 13.8. The number of hydrogen-bond donors (Lipinski definition) is 1. The lowest BCUT2D eigenvalue weighted by Crippen LogP contribution is -2.34. The van der Waals surface area contributed by atoms with Crippen molar-refractivity contribution < 1.29 is 19.0 Å². The van der Waals surface area contributed by atoms with Gasteiger partial charge in [0.1, 0.15) is 6.61 Å². The van der Waals surface area contributed by atoms with E-state index in [1.54, 1.807) is 0 Å². The Hall–Kier alpha value is -1.42. The van der Waals surface area contributed by atoms with Crippen LogP contribution >= 0.6 is 0 Å². The Bertz CT molecular complexity index is 425. The number of halogens is 1. The molecule has 4 heteroatoms. The average Bonchev–Trinajstić information content (AvgIpc) is 2.36. The Morgan fingerprint density at radius 2 is 2.00 bits per heavy atom. The molecular formula is C14H19FO3. The second-order valence-electron chi connectivity index (χ2n) is 4.42. The van der Waals surface area contributed by atoms with Gasteiger partial charge in [-0.25, -0.2) is 4.39 Å². The predicted molar refractivity (Wildman–Crippen MR) is 67.4 cm³/mol. The number of carbonyl (C=O) groups excluding carboxylic acids is 1. The molecule has 0 aliphatic rings. The van der Waals surface area contributed by atoms with Crippen LogP contribution in [-0.2, 0) is 0 Å². The SMILES string of the molecule is CCC(O)(CC)COc1ccc(C(C)=O)cc1F. The van der Waals surface area contributed by atoms with E-state index in [4.69, 9.17) is 4.74 Å². The van der Waals surface area contributed by atoms with Crippen LogP contribution in [0.25, 0.3) is 0 Å². The van der Waals surface area contributed by atoms with Crippen LogP contribution in [0.3, 0.4) is 0 Å². The second-order valence-corrected chi connectivity index (χ2v) is 4.42. The summed E-state index contributed by atoms with van der Waals surface area (Å²) in [7, 11) is 0. The van der Waals surface area contributed by atoms with Crippen LogP contribution in [0.4, 0.5) is 4.39 Å². The van der Waals surface area contributed by atoms with E-state index in [2.05, 4.69) is 0 Å². The maximum atomic E-state index is 13.6. The van der Waals surface area contributed by atoms with Gasteiger partial charge in [0.15, 0.2) is 17.3 Å². The maximum Gasteiger partial charge on any atom is 0.165 e. The molecule has 0 fully saturated rings. The molecule has 0 saturated heterocycles. The summed E-state index contributed by atoms with van der Waals surface area (Å²) in [5.41, 5.74) is -0.632. The molecule has 0 radical (unpaired) electrons. The zero-order valence-electron chi connectivity index (χ0n) is 11.0. The van der Waals surface area contributed by atoms with Gasteiger partial charge in [-0.3, -0.25) is 4.79 Å². The summed E-state index contributed by atoms with van der Waals surface area (Å²) in [6.45, 7) is 5.11. The van der Waals surface area contributed by atoms with E-state index in [0.29, 0.717) is 18.4 Å². The Kier molecular flexibility index (Phi) is 4.84. The lowest BCUT2D eigenvalue weighted by atomic mass is 9.99. The van der Waals surface area contributed by atoms with Crippen molar-refractivity contribution >= 4 is 5.78 Å². The average molecular weight is 254 g/mol. The van der Waals surface area contributed by atoms with Gasteiger partial charge in [0.25, 0.3) is 0 Å². The number of ketones is 1. The van der Waals surface area contributed by atoms with Crippen LogP contribution in [-0.4, -0.2) is 23.1 Å². The first-order chi connectivity index (χ1) is 8.41. The van der Waals surface area contributed by atoms with Crippen molar-refractivity contribution in [2.75, 3.05) is 6.61 Å². The molecule has 0 aliphatic heterocycles.